The van der Waals surface area contributed by atoms with Crippen LogP contribution in [0.2, 0.25) is 0 Å². The second kappa shape index (κ2) is 3.95. The van der Waals surface area contributed by atoms with E-state index in [1.165, 1.54) is 13.8 Å². The molecule has 1 atom stereocenters. The molecule has 8 heteroatoms. The van der Waals surface area contributed by atoms with E-state index < -0.39 is 26.2 Å². The number of allylic oxidation sites excluding steroid dienone is 4. The van der Waals surface area contributed by atoms with E-state index in [1.54, 1.807) is 0 Å². The molecule has 0 radical (unpaired) electrons. The van der Waals surface area contributed by atoms with Crippen LogP contribution in [0.5, 0.6) is 0 Å². The largest absolute Gasteiger partial charge is 0.290 e. The number of hydrogen-bond donors (Lipinski definition) is 2. The van der Waals surface area contributed by atoms with Gasteiger partial charge in [0.05, 0.1) is 9.81 Å². The Labute approximate surface area is 94.2 Å². The summed E-state index contributed by atoms with van der Waals surface area (Å²) in [6, 6.07) is 0. The van der Waals surface area contributed by atoms with E-state index in [2.05, 4.69) is 0 Å². The Kier molecular flexibility index (Phi) is 3.30. The molecule has 92 valence electrons. The Morgan fingerprint density at radius 2 is 1.69 bits per heavy atom. The van der Waals surface area contributed by atoms with Crippen molar-refractivity contribution in [1.82, 2.24) is 0 Å². The van der Waals surface area contributed by atoms with Crippen LogP contribution >= 0.6 is 0 Å². The number of hydrogen-bond acceptors (Lipinski definition) is 4. The summed E-state index contributed by atoms with van der Waals surface area (Å²) in [5.74, 6) is -0.685. The van der Waals surface area contributed by atoms with Crippen LogP contribution in [0.4, 0.5) is 0 Å². The minimum Gasteiger partial charge on any atom is -0.282 e. The molecule has 2 N–H and O–H groups in total. The highest BCUT2D eigenvalue weighted by Crippen LogP contribution is 2.33. The maximum Gasteiger partial charge on any atom is 0.290 e. The van der Waals surface area contributed by atoms with E-state index in [9.17, 15) is 16.8 Å². The van der Waals surface area contributed by atoms with Gasteiger partial charge >= 0.3 is 0 Å². The van der Waals surface area contributed by atoms with Crippen molar-refractivity contribution in [1.29, 1.82) is 0 Å². The average Bonchev–Trinajstić information content (AvgIpc) is 2.04. The molecule has 0 aromatic rings. The summed E-state index contributed by atoms with van der Waals surface area (Å²) in [6.07, 6.45) is 0.920. The van der Waals surface area contributed by atoms with Crippen molar-refractivity contribution < 1.29 is 25.9 Å². The second-order valence-electron chi connectivity index (χ2n) is 3.71. The average molecular weight is 268 g/mol. The highest BCUT2D eigenvalue weighted by Gasteiger charge is 2.30. The lowest BCUT2D eigenvalue weighted by Gasteiger charge is -2.20. The second-order valence-corrected chi connectivity index (χ2v) is 6.57. The first-order valence-electron chi connectivity index (χ1n) is 4.40. The van der Waals surface area contributed by atoms with Crippen LogP contribution in [0.3, 0.4) is 0 Å². The standard InChI is InChI=1S/C8H12O6S2/c1-5-3-8(16(12,13)14)6(2)4-7(5)15(9,10)11/h3,6H,4H2,1-2H3,(H,9,10,11)(H,12,13,14). The zero-order chi connectivity index (χ0) is 12.7. The molecule has 16 heavy (non-hydrogen) atoms. The van der Waals surface area contributed by atoms with E-state index in [0.29, 0.717) is 0 Å². The monoisotopic (exact) mass is 268 g/mol. The maximum absolute atomic E-state index is 11.0. The lowest BCUT2D eigenvalue weighted by molar-refractivity contribution is 0.474. The van der Waals surface area contributed by atoms with Crippen molar-refractivity contribution in [3.63, 3.8) is 0 Å². The van der Waals surface area contributed by atoms with Crippen LogP contribution < -0.4 is 0 Å². The Balaban J connectivity index is 3.40. The zero-order valence-electron chi connectivity index (χ0n) is 8.71. The Bertz CT molecular complexity index is 564. The molecule has 1 unspecified atom stereocenters. The van der Waals surface area contributed by atoms with Crippen molar-refractivity contribution in [3.05, 3.63) is 21.5 Å². The van der Waals surface area contributed by atoms with Gasteiger partial charge in [0.15, 0.2) is 0 Å². The maximum atomic E-state index is 11.0. The van der Waals surface area contributed by atoms with Crippen molar-refractivity contribution in [2.45, 2.75) is 20.3 Å². The number of rotatable bonds is 2. The van der Waals surface area contributed by atoms with Crippen molar-refractivity contribution in [2.24, 2.45) is 5.92 Å². The highest BCUT2D eigenvalue weighted by molar-refractivity contribution is 7.90. The lowest BCUT2D eigenvalue weighted by Crippen LogP contribution is -2.18. The minimum absolute atomic E-state index is 0.119. The summed E-state index contributed by atoms with van der Waals surface area (Å²) >= 11 is 0. The van der Waals surface area contributed by atoms with Gasteiger partial charge in [0.1, 0.15) is 0 Å². The van der Waals surface area contributed by atoms with Crippen LogP contribution in [0.15, 0.2) is 21.5 Å². The zero-order valence-corrected chi connectivity index (χ0v) is 10.3. The van der Waals surface area contributed by atoms with Gasteiger partial charge in [-0.15, -0.1) is 0 Å². The molecule has 1 aliphatic rings. The van der Waals surface area contributed by atoms with Gasteiger partial charge < -0.3 is 0 Å². The fourth-order valence-corrected chi connectivity index (χ4v) is 3.46. The Morgan fingerprint density at radius 3 is 2.06 bits per heavy atom. The predicted octanol–water partition coefficient (Wildman–Crippen LogP) is 0.960. The molecule has 0 saturated heterocycles. The van der Waals surface area contributed by atoms with Crippen LogP contribution in [0, 0.1) is 5.92 Å². The van der Waals surface area contributed by atoms with E-state index in [-0.39, 0.29) is 21.8 Å². The summed E-state index contributed by atoms with van der Waals surface area (Å²) < 4.78 is 61.6. The smallest absolute Gasteiger partial charge is 0.282 e. The summed E-state index contributed by atoms with van der Waals surface area (Å²) in [5.41, 5.74) is 0.119. The van der Waals surface area contributed by atoms with Gasteiger partial charge in [0.2, 0.25) is 0 Å². The van der Waals surface area contributed by atoms with Gasteiger partial charge in [-0.3, -0.25) is 9.11 Å². The first-order valence-corrected chi connectivity index (χ1v) is 7.28. The van der Waals surface area contributed by atoms with E-state index in [0.717, 1.165) is 6.08 Å². The molecule has 1 aliphatic carbocycles. The summed E-state index contributed by atoms with van der Waals surface area (Å²) in [5, 5.41) is 0. The highest BCUT2D eigenvalue weighted by atomic mass is 32.2. The van der Waals surface area contributed by atoms with Crippen LogP contribution in [0.25, 0.3) is 0 Å². The molecule has 0 saturated carbocycles. The molecule has 0 amide bonds. The third-order valence-electron chi connectivity index (χ3n) is 2.39. The summed E-state index contributed by atoms with van der Waals surface area (Å²) in [7, 11) is -8.64. The predicted molar refractivity (Wildman–Crippen MR) is 57.7 cm³/mol. The molecule has 1 rings (SSSR count). The Morgan fingerprint density at radius 1 is 1.19 bits per heavy atom. The fourth-order valence-electron chi connectivity index (χ4n) is 1.61. The quantitative estimate of drug-likeness (QED) is 0.722. The fraction of sp³-hybridized carbons (Fsp3) is 0.500. The van der Waals surface area contributed by atoms with E-state index in [1.807, 2.05) is 0 Å². The molecule has 0 aromatic heterocycles. The third-order valence-corrected chi connectivity index (χ3v) is 4.61. The van der Waals surface area contributed by atoms with Gasteiger partial charge in [-0.2, -0.15) is 16.8 Å². The topological polar surface area (TPSA) is 109 Å². The first kappa shape index (κ1) is 13.4. The van der Waals surface area contributed by atoms with E-state index in [4.69, 9.17) is 9.11 Å². The molecule has 0 fully saturated rings. The molecule has 6 nitrogen and oxygen atoms in total. The molecular weight excluding hydrogens is 256 g/mol. The van der Waals surface area contributed by atoms with Gasteiger partial charge in [-0.25, -0.2) is 0 Å². The molecular formula is C8H12O6S2. The normalized spacial score (nSPS) is 23.2. The van der Waals surface area contributed by atoms with Crippen LogP contribution in [-0.2, 0) is 20.2 Å². The van der Waals surface area contributed by atoms with Gasteiger partial charge in [-0.05, 0) is 30.9 Å². The third kappa shape index (κ3) is 2.70. The summed E-state index contributed by atoms with van der Waals surface area (Å²) in [6.45, 7) is 2.82. The van der Waals surface area contributed by atoms with Crippen LogP contribution in [-0.4, -0.2) is 25.9 Å². The van der Waals surface area contributed by atoms with Crippen molar-refractivity contribution in [2.75, 3.05) is 0 Å². The minimum atomic E-state index is -4.33. The molecule has 0 spiro atoms. The van der Waals surface area contributed by atoms with Gasteiger partial charge in [0, 0.05) is 0 Å². The lowest BCUT2D eigenvalue weighted by atomic mass is 9.99. The Hall–Kier alpha value is -0.700. The van der Waals surface area contributed by atoms with Gasteiger partial charge in [-0.1, -0.05) is 6.92 Å². The molecule has 0 aromatic carbocycles. The van der Waals surface area contributed by atoms with E-state index >= 15 is 0 Å². The van der Waals surface area contributed by atoms with Crippen molar-refractivity contribution in [3.8, 4) is 0 Å². The first-order chi connectivity index (χ1) is 7.03. The SMILES string of the molecule is CC1=C(S(=O)(=O)O)CC(C)C(S(=O)(=O)O)=C1. The molecule has 0 bridgehead atoms. The molecule has 0 aliphatic heterocycles. The molecule has 0 heterocycles. The van der Waals surface area contributed by atoms with Gasteiger partial charge in [0.25, 0.3) is 20.2 Å². The van der Waals surface area contributed by atoms with Crippen molar-refractivity contribution >= 4 is 20.2 Å². The van der Waals surface area contributed by atoms with Crippen LogP contribution in [0.1, 0.15) is 20.3 Å². The summed E-state index contributed by atoms with van der Waals surface area (Å²) in [4.78, 5) is -0.454.